The zero-order valence-electron chi connectivity index (χ0n) is 11.4. The number of amides is 1. The number of hydrogen-bond donors (Lipinski definition) is 1. The molecule has 0 aliphatic carbocycles. The smallest absolute Gasteiger partial charge is 0.253 e. The third-order valence-electron chi connectivity index (χ3n) is 3.24. The van der Waals surface area contributed by atoms with Crippen LogP contribution in [0.15, 0.2) is 48.5 Å². The zero-order valence-corrected chi connectivity index (χ0v) is 15.9. The number of hydrogen-bond acceptors (Lipinski definition) is 1. The van der Waals surface area contributed by atoms with Crippen LogP contribution in [0.25, 0.3) is 0 Å². The van der Waals surface area contributed by atoms with Crippen molar-refractivity contribution in [3.63, 3.8) is 0 Å². The van der Waals surface area contributed by atoms with Gasteiger partial charge in [-0.3, -0.25) is 4.79 Å². The van der Waals surface area contributed by atoms with Crippen molar-refractivity contribution in [1.29, 1.82) is 0 Å². The molecule has 0 spiro atoms. The lowest BCUT2D eigenvalue weighted by molar-refractivity contribution is 0.0913. The Hall–Kier alpha value is -0.590. The lowest BCUT2D eigenvalue weighted by atomic mass is 9.94. The summed E-state index contributed by atoms with van der Waals surface area (Å²) in [5.41, 5.74) is 1.16. The van der Waals surface area contributed by atoms with Crippen LogP contribution in [0.2, 0.25) is 5.02 Å². The number of carbonyl (C=O) groups excluding carboxylic acids is 1. The molecule has 2 rings (SSSR count). The summed E-state index contributed by atoms with van der Waals surface area (Å²) in [7, 11) is 0. The van der Waals surface area contributed by atoms with E-state index in [1.807, 2.05) is 43.3 Å². The Kier molecular flexibility index (Phi) is 5.68. The van der Waals surface area contributed by atoms with Crippen LogP contribution >= 0.6 is 50.1 Å². The molecule has 0 aliphatic rings. The van der Waals surface area contributed by atoms with Gasteiger partial charge in [0.25, 0.3) is 5.91 Å². The van der Waals surface area contributed by atoms with E-state index in [1.165, 1.54) is 0 Å². The Labute approximate surface area is 151 Å². The summed E-state index contributed by atoms with van der Waals surface area (Å²) >= 11 is 11.6. The van der Waals surface area contributed by atoms with Gasteiger partial charge in [-0.25, -0.2) is 0 Å². The molecule has 0 saturated carbocycles. The van der Waals surface area contributed by atoms with E-state index in [4.69, 9.17) is 11.6 Å². The summed E-state index contributed by atoms with van der Waals surface area (Å²) in [6.07, 6.45) is 0. The number of benzene rings is 2. The quantitative estimate of drug-likeness (QED) is 0.487. The second kappa shape index (κ2) is 7.11. The van der Waals surface area contributed by atoms with Gasteiger partial charge in [-0.05, 0) is 53.3 Å². The minimum Gasteiger partial charge on any atom is -0.342 e. The van der Waals surface area contributed by atoms with E-state index in [0.29, 0.717) is 15.9 Å². The number of halogens is 3. The molecular formula is C16H14BrClINO. The van der Waals surface area contributed by atoms with Crippen LogP contribution in [0.3, 0.4) is 0 Å². The van der Waals surface area contributed by atoms with Crippen molar-refractivity contribution in [2.45, 2.75) is 12.5 Å². The first-order valence-electron chi connectivity index (χ1n) is 6.35. The molecule has 0 heterocycles. The maximum Gasteiger partial charge on any atom is 0.253 e. The van der Waals surface area contributed by atoms with E-state index in [0.717, 1.165) is 9.13 Å². The average Bonchev–Trinajstić information content (AvgIpc) is 2.50. The van der Waals surface area contributed by atoms with Crippen LogP contribution in [0.5, 0.6) is 0 Å². The number of rotatable bonds is 4. The van der Waals surface area contributed by atoms with Crippen molar-refractivity contribution in [3.05, 3.63) is 68.3 Å². The molecule has 0 radical (unpaired) electrons. The molecule has 0 aromatic heterocycles. The number of nitrogens with one attached hydrogen (secondary N) is 1. The molecular weight excluding hydrogens is 464 g/mol. The van der Waals surface area contributed by atoms with Crippen molar-refractivity contribution in [2.75, 3.05) is 5.33 Å². The van der Waals surface area contributed by atoms with Crippen LogP contribution in [0.4, 0.5) is 0 Å². The van der Waals surface area contributed by atoms with Gasteiger partial charge in [0, 0.05) is 13.9 Å². The maximum atomic E-state index is 12.6. The lowest BCUT2D eigenvalue weighted by Gasteiger charge is -2.29. The van der Waals surface area contributed by atoms with Crippen LogP contribution in [0.1, 0.15) is 22.8 Å². The summed E-state index contributed by atoms with van der Waals surface area (Å²) in [4.78, 5) is 12.6. The summed E-state index contributed by atoms with van der Waals surface area (Å²) in [6, 6.07) is 15.2. The van der Waals surface area contributed by atoms with Crippen molar-refractivity contribution in [1.82, 2.24) is 5.32 Å². The predicted molar refractivity (Wildman–Crippen MR) is 99.2 cm³/mol. The van der Waals surface area contributed by atoms with Crippen molar-refractivity contribution >= 4 is 56.0 Å². The molecule has 110 valence electrons. The third-order valence-corrected chi connectivity index (χ3v) is 5.54. The summed E-state index contributed by atoms with van der Waals surface area (Å²) < 4.78 is 0.875. The molecule has 5 heteroatoms. The van der Waals surface area contributed by atoms with Crippen molar-refractivity contribution < 1.29 is 4.79 Å². The van der Waals surface area contributed by atoms with Crippen LogP contribution in [0, 0.1) is 3.57 Å². The predicted octanol–water partition coefficient (Wildman–Crippen LogP) is 4.98. The summed E-state index contributed by atoms with van der Waals surface area (Å²) in [6.45, 7) is 1.99. The number of alkyl halides is 1. The molecule has 2 aromatic carbocycles. The molecule has 2 aromatic rings. The van der Waals surface area contributed by atoms with E-state index >= 15 is 0 Å². The Morgan fingerprint density at radius 3 is 2.57 bits per heavy atom. The molecule has 1 atom stereocenters. The number of carbonyl (C=O) groups is 1. The van der Waals surface area contributed by atoms with Gasteiger partial charge in [0.2, 0.25) is 0 Å². The molecule has 1 N–H and O–H groups in total. The first-order valence-corrected chi connectivity index (χ1v) is 8.93. The molecule has 0 aliphatic heterocycles. The highest BCUT2D eigenvalue weighted by Crippen LogP contribution is 2.25. The van der Waals surface area contributed by atoms with E-state index in [1.54, 1.807) is 12.1 Å². The molecule has 0 fully saturated rings. The highest BCUT2D eigenvalue weighted by atomic mass is 127. The average molecular weight is 479 g/mol. The Balaban J connectivity index is 2.30. The fourth-order valence-electron chi connectivity index (χ4n) is 1.98. The van der Waals surface area contributed by atoms with E-state index in [-0.39, 0.29) is 5.91 Å². The fourth-order valence-corrected chi connectivity index (χ4v) is 3.19. The Bertz CT molecular complexity index is 650. The lowest BCUT2D eigenvalue weighted by Crippen LogP contribution is -2.45. The minimum atomic E-state index is -0.482. The van der Waals surface area contributed by atoms with E-state index in [9.17, 15) is 4.79 Å². The maximum absolute atomic E-state index is 12.6. The van der Waals surface area contributed by atoms with Crippen molar-refractivity contribution in [2.24, 2.45) is 0 Å². The van der Waals surface area contributed by atoms with Gasteiger partial charge in [-0.15, -0.1) is 0 Å². The monoisotopic (exact) mass is 477 g/mol. The van der Waals surface area contributed by atoms with E-state index < -0.39 is 5.54 Å². The molecule has 1 unspecified atom stereocenters. The van der Waals surface area contributed by atoms with E-state index in [2.05, 4.69) is 43.8 Å². The Morgan fingerprint density at radius 2 is 1.95 bits per heavy atom. The normalized spacial score (nSPS) is 13.5. The largest absolute Gasteiger partial charge is 0.342 e. The van der Waals surface area contributed by atoms with Gasteiger partial charge in [0.1, 0.15) is 0 Å². The SMILES string of the molecule is CC(CBr)(NC(=O)c1cc(Cl)ccc1I)c1ccccc1. The topological polar surface area (TPSA) is 29.1 Å². The minimum absolute atomic E-state index is 0.132. The van der Waals surface area contributed by atoms with Crippen LogP contribution in [-0.4, -0.2) is 11.2 Å². The highest BCUT2D eigenvalue weighted by molar-refractivity contribution is 14.1. The van der Waals surface area contributed by atoms with Crippen LogP contribution in [-0.2, 0) is 5.54 Å². The molecule has 1 amide bonds. The highest BCUT2D eigenvalue weighted by Gasteiger charge is 2.28. The molecule has 0 saturated heterocycles. The van der Waals surface area contributed by atoms with Crippen molar-refractivity contribution in [3.8, 4) is 0 Å². The molecule has 2 nitrogen and oxygen atoms in total. The van der Waals surface area contributed by atoms with Gasteiger partial charge in [-0.2, -0.15) is 0 Å². The standard InChI is InChI=1S/C16H14BrClINO/c1-16(10-17,11-5-3-2-4-6-11)20-15(21)13-9-12(18)7-8-14(13)19/h2-9H,10H2,1H3,(H,20,21). The second-order valence-electron chi connectivity index (χ2n) is 4.91. The van der Waals surface area contributed by atoms with Gasteiger partial charge >= 0.3 is 0 Å². The molecule has 21 heavy (non-hydrogen) atoms. The van der Waals surface area contributed by atoms with Gasteiger partial charge in [0.05, 0.1) is 11.1 Å². The van der Waals surface area contributed by atoms with Gasteiger partial charge in [-0.1, -0.05) is 57.9 Å². The summed E-state index contributed by atoms with van der Waals surface area (Å²) in [5.74, 6) is -0.132. The van der Waals surface area contributed by atoms with Crippen LogP contribution < -0.4 is 5.32 Å². The molecule has 0 bridgehead atoms. The van der Waals surface area contributed by atoms with Gasteiger partial charge < -0.3 is 5.32 Å². The fraction of sp³-hybridized carbons (Fsp3) is 0.188. The first kappa shape index (κ1) is 16.8. The van der Waals surface area contributed by atoms with Gasteiger partial charge in [0.15, 0.2) is 0 Å². The second-order valence-corrected chi connectivity index (χ2v) is 7.07. The Morgan fingerprint density at radius 1 is 1.29 bits per heavy atom. The first-order chi connectivity index (χ1) is 9.96. The zero-order chi connectivity index (χ0) is 15.5. The third kappa shape index (κ3) is 3.99. The summed E-state index contributed by atoms with van der Waals surface area (Å²) in [5, 5.41) is 4.27.